The molecule has 2 aromatic rings. The third-order valence-electron chi connectivity index (χ3n) is 3.03. The van der Waals surface area contributed by atoms with Crippen LogP contribution in [0.3, 0.4) is 0 Å². The number of aliphatic hydroxyl groups is 1. The summed E-state index contributed by atoms with van der Waals surface area (Å²) in [5.74, 6) is -0.0123. The van der Waals surface area contributed by atoms with Gasteiger partial charge in [-0.3, -0.25) is 10.1 Å². The van der Waals surface area contributed by atoms with Crippen LogP contribution in [0, 0.1) is 15.9 Å². The van der Waals surface area contributed by atoms with Crippen molar-refractivity contribution in [3.63, 3.8) is 0 Å². The van der Waals surface area contributed by atoms with Gasteiger partial charge in [0.2, 0.25) is 5.75 Å². The molecule has 0 amide bonds. The van der Waals surface area contributed by atoms with Crippen molar-refractivity contribution in [3.8, 4) is 11.5 Å². The maximum atomic E-state index is 12.9. The molecule has 0 fully saturated rings. The van der Waals surface area contributed by atoms with Crippen LogP contribution >= 0.6 is 0 Å². The molecule has 0 heterocycles. The van der Waals surface area contributed by atoms with Crippen LogP contribution in [0.1, 0.15) is 12.5 Å². The highest BCUT2D eigenvalue weighted by Crippen LogP contribution is 2.32. The van der Waals surface area contributed by atoms with Gasteiger partial charge in [0.15, 0.2) is 0 Å². The summed E-state index contributed by atoms with van der Waals surface area (Å²) in [5, 5.41) is 23.4. The Morgan fingerprint density at radius 3 is 2.61 bits per heavy atom. The standard InChI is InChI=1S/C16H17FN2O4/c1-11(20)9-18-10-12-2-7-16(15(8-12)19(21)22)23-14-5-3-13(17)4-6-14/h2-8,11,18,20H,9-10H2,1H3. The number of hydrogen-bond donors (Lipinski definition) is 2. The van der Waals surface area contributed by atoms with Crippen LogP contribution < -0.4 is 10.1 Å². The number of nitro groups is 1. The monoisotopic (exact) mass is 320 g/mol. The molecule has 6 nitrogen and oxygen atoms in total. The van der Waals surface area contributed by atoms with Crippen LogP contribution in [-0.4, -0.2) is 22.7 Å². The summed E-state index contributed by atoms with van der Waals surface area (Å²) >= 11 is 0. The number of halogens is 1. The summed E-state index contributed by atoms with van der Waals surface area (Å²) in [6.45, 7) is 2.43. The highest BCUT2D eigenvalue weighted by atomic mass is 19.1. The Labute approximate surface area is 132 Å². The van der Waals surface area contributed by atoms with E-state index in [1.165, 1.54) is 36.4 Å². The smallest absolute Gasteiger partial charge is 0.311 e. The third kappa shape index (κ3) is 5.01. The van der Waals surface area contributed by atoms with Crippen LogP contribution in [0.15, 0.2) is 42.5 Å². The Morgan fingerprint density at radius 1 is 1.30 bits per heavy atom. The molecule has 7 heteroatoms. The Kier molecular flexibility index (Phi) is 5.61. The Hall–Kier alpha value is -2.51. The lowest BCUT2D eigenvalue weighted by atomic mass is 10.2. The molecule has 0 aliphatic rings. The maximum Gasteiger partial charge on any atom is 0.311 e. The van der Waals surface area contributed by atoms with Crippen LogP contribution in [0.5, 0.6) is 11.5 Å². The molecule has 0 bridgehead atoms. The first-order valence-electron chi connectivity index (χ1n) is 7.05. The van der Waals surface area contributed by atoms with Gasteiger partial charge in [0, 0.05) is 19.2 Å². The second-order valence-electron chi connectivity index (χ2n) is 5.10. The van der Waals surface area contributed by atoms with Gasteiger partial charge in [-0.25, -0.2) is 4.39 Å². The number of rotatable bonds is 7. The zero-order valence-electron chi connectivity index (χ0n) is 12.5. The van der Waals surface area contributed by atoms with E-state index in [9.17, 15) is 19.6 Å². The number of aliphatic hydroxyl groups excluding tert-OH is 1. The number of hydrogen-bond acceptors (Lipinski definition) is 5. The molecule has 0 saturated heterocycles. The zero-order chi connectivity index (χ0) is 16.8. The van der Waals surface area contributed by atoms with Crippen molar-refractivity contribution in [2.24, 2.45) is 0 Å². The minimum atomic E-state index is -0.531. The van der Waals surface area contributed by atoms with Crippen molar-refractivity contribution in [3.05, 3.63) is 64.0 Å². The lowest BCUT2D eigenvalue weighted by molar-refractivity contribution is -0.385. The van der Waals surface area contributed by atoms with Crippen molar-refractivity contribution in [1.82, 2.24) is 5.32 Å². The second-order valence-corrected chi connectivity index (χ2v) is 5.10. The number of nitrogens with one attached hydrogen (secondary N) is 1. The van der Waals surface area contributed by atoms with Crippen molar-refractivity contribution >= 4 is 5.69 Å². The predicted octanol–water partition coefficient (Wildman–Crippen LogP) is 3.00. The molecule has 122 valence electrons. The molecule has 0 aliphatic heterocycles. The van der Waals surface area contributed by atoms with Gasteiger partial charge in [-0.15, -0.1) is 0 Å². The van der Waals surface area contributed by atoms with Gasteiger partial charge >= 0.3 is 5.69 Å². The van der Waals surface area contributed by atoms with Crippen molar-refractivity contribution < 1.29 is 19.2 Å². The molecule has 23 heavy (non-hydrogen) atoms. The molecular weight excluding hydrogens is 303 g/mol. The van der Waals surface area contributed by atoms with E-state index >= 15 is 0 Å². The van der Waals surface area contributed by atoms with Gasteiger partial charge < -0.3 is 15.2 Å². The van der Waals surface area contributed by atoms with Crippen molar-refractivity contribution in [2.45, 2.75) is 19.6 Å². The van der Waals surface area contributed by atoms with E-state index in [0.29, 0.717) is 24.4 Å². The van der Waals surface area contributed by atoms with E-state index in [0.717, 1.165) is 0 Å². The average molecular weight is 320 g/mol. The molecule has 1 atom stereocenters. The molecule has 0 radical (unpaired) electrons. The normalized spacial score (nSPS) is 12.0. The SMILES string of the molecule is CC(O)CNCc1ccc(Oc2ccc(F)cc2)c([N+](=O)[O-])c1. The van der Waals surface area contributed by atoms with Crippen LogP contribution in [0.25, 0.3) is 0 Å². The van der Waals surface area contributed by atoms with Crippen LogP contribution in [0.2, 0.25) is 0 Å². The molecule has 0 saturated carbocycles. The molecule has 2 N–H and O–H groups in total. The Morgan fingerprint density at radius 2 is 2.00 bits per heavy atom. The van der Waals surface area contributed by atoms with Gasteiger partial charge in [0.05, 0.1) is 11.0 Å². The first-order chi connectivity index (χ1) is 11.0. The van der Waals surface area contributed by atoms with E-state index in [1.807, 2.05) is 0 Å². The Bertz CT molecular complexity index is 674. The van der Waals surface area contributed by atoms with Gasteiger partial charge in [-0.1, -0.05) is 6.07 Å². The zero-order valence-corrected chi connectivity index (χ0v) is 12.5. The molecular formula is C16H17FN2O4. The molecule has 0 spiro atoms. The highest BCUT2D eigenvalue weighted by molar-refractivity contribution is 5.50. The first kappa shape index (κ1) is 16.9. The number of ether oxygens (including phenoxy) is 1. The molecule has 2 aromatic carbocycles. The topological polar surface area (TPSA) is 84.6 Å². The largest absolute Gasteiger partial charge is 0.450 e. The number of nitro benzene ring substituents is 1. The quantitative estimate of drug-likeness (QED) is 0.605. The van der Waals surface area contributed by atoms with E-state index < -0.39 is 16.8 Å². The summed E-state index contributed by atoms with van der Waals surface area (Å²) in [7, 11) is 0. The minimum Gasteiger partial charge on any atom is -0.450 e. The van der Waals surface area contributed by atoms with Gasteiger partial charge in [-0.2, -0.15) is 0 Å². The first-order valence-corrected chi connectivity index (χ1v) is 7.05. The second kappa shape index (κ2) is 7.66. The van der Waals surface area contributed by atoms with Crippen LogP contribution in [0.4, 0.5) is 10.1 Å². The van der Waals surface area contributed by atoms with E-state index in [2.05, 4.69) is 5.32 Å². The summed E-state index contributed by atoms with van der Waals surface area (Å²) in [6, 6.07) is 9.84. The fraction of sp³-hybridized carbons (Fsp3) is 0.250. The number of nitrogens with zero attached hydrogens (tertiary/aromatic N) is 1. The van der Waals surface area contributed by atoms with Crippen molar-refractivity contribution in [1.29, 1.82) is 0 Å². The lowest BCUT2D eigenvalue weighted by Crippen LogP contribution is -2.23. The number of benzene rings is 2. The summed E-state index contributed by atoms with van der Waals surface area (Å²) < 4.78 is 18.3. The summed E-state index contributed by atoms with van der Waals surface area (Å²) in [6.07, 6.45) is -0.494. The Balaban J connectivity index is 2.16. The highest BCUT2D eigenvalue weighted by Gasteiger charge is 2.17. The van der Waals surface area contributed by atoms with E-state index in [1.54, 1.807) is 13.0 Å². The van der Waals surface area contributed by atoms with Crippen molar-refractivity contribution in [2.75, 3.05) is 6.54 Å². The summed E-state index contributed by atoms with van der Waals surface area (Å²) in [5.41, 5.74) is 0.523. The maximum absolute atomic E-state index is 12.9. The predicted molar refractivity (Wildman–Crippen MR) is 83.0 cm³/mol. The van der Waals surface area contributed by atoms with Gasteiger partial charge in [0.25, 0.3) is 0 Å². The molecule has 2 rings (SSSR count). The molecule has 0 aromatic heterocycles. The van der Waals surface area contributed by atoms with Crippen LogP contribution in [-0.2, 0) is 6.54 Å². The van der Waals surface area contributed by atoms with E-state index in [4.69, 9.17) is 4.74 Å². The minimum absolute atomic E-state index is 0.0842. The van der Waals surface area contributed by atoms with Gasteiger partial charge in [0.1, 0.15) is 11.6 Å². The lowest BCUT2D eigenvalue weighted by Gasteiger charge is -2.09. The molecule has 0 aliphatic carbocycles. The van der Waals surface area contributed by atoms with Gasteiger partial charge in [-0.05, 0) is 42.8 Å². The average Bonchev–Trinajstić information content (AvgIpc) is 2.50. The third-order valence-corrected chi connectivity index (χ3v) is 3.03. The fourth-order valence-corrected chi connectivity index (χ4v) is 1.96. The molecule has 1 unspecified atom stereocenters. The summed E-state index contributed by atoms with van der Waals surface area (Å²) in [4.78, 5) is 10.7. The fourth-order valence-electron chi connectivity index (χ4n) is 1.96. The van der Waals surface area contributed by atoms with E-state index in [-0.39, 0.29) is 11.4 Å².